The van der Waals surface area contributed by atoms with Gasteiger partial charge in [0.2, 0.25) is 0 Å². The highest BCUT2D eigenvalue weighted by atomic mass is 16.7. The standard InChI is InChI=1S/C22H29BO4/c1-7-16-13-18(23-26-21(2,3)22(4,5)27-23)20(19(14-16)24-6)25-15-17-11-9-8-10-12-17/h8-14H,7,15H2,1-6H3. The Bertz CT molecular complexity index is 770. The largest absolute Gasteiger partial charge is 0.498 e. The molecule has 0 radical (unpaired) electrons. The number of hydrogen-bond donors (Lipinski definition) is 0. The molecule has 0 aliphatic carbocycles. The molecule has 1 heterocycles. The molecule has 1 aliphatic rings. The lowest BCUT2D eigenvalue weighted by Gasteiger charge is -2.32. The third-order valence-corrected chi connectivity index (χ3v) is 5.50. The van der Waals surface area contributed by atoms with Crippen molar-refractivity contribution in [3.05, 3.63) is 53.6 Å². The van der Waals surface area contributed by atoms with Crippen molar-refractivity contribution >= 4 is 12.6 Å². The average molecular weight is 368 g/mol. The van der Waals surface area contributed by atoms with Crippen molar-refractivity contribution in [1.82, 2.24) is 0 Å². The molecule has 2 aromatic rings. The molecule has 27 heavy (non-hydrogen) atoms. The van der Waals surface area contributed by atoms with Crippen LogP contribution in [0.25, 0.3) is 0 Å². The Morgan fingerprint density at radius 1 is 0.926 bits per heavy atom. The summed E-state index contributed by atoms with van der Waals surface area (Å²) in [7, 11) is 1.17. The highest BCUT2D eigenvalue weighted by Gasteiger charge is 2.52. The minimum Gasteiger partial charge on any atom is -0.493 e. The molecule has 5 heteroatoms. The number of ether oxygens (including phenoxy) is 2. The first-order valence-electron chi connectivity index (χ1n) is 9.50. The SMILES string of the molecule is CCc1cc(OC)c(OCc2ccccc2)c(B2OC(C)(C)C(C)(C)O2)c1. The van der Waals surface area contributed by atoms with Crippen LogP contribution in [0, 0.1) is 0 Å². The Kier molecular flexibility index (Phi) is 5.54. The van der Waals surface area contributed by atoms with E-state index in [1.807, 2.05) is 36.4 Å². The zero-order chi connectivity index (χ0) is 19.7. The first-order chi connectivity index (χ1) is 12.8. The molecule has 1 aliphatic heterocycles. The normalized spacial score (nSPS) is 17.8. The van der Waals surface area contributed by atoms with Gasteiger partial charge in [-0.05, 0) is 51.3 Å². The van der Waals surface area contributed by atoms with Crippen LogP contribution in [0.4, 0.5) is 0 Å². The Labute approximate surface area is 162 Å². The molecule has 0 amide bonds. The van der Waals surface area contributed by atoms with E-state index in [2.05, 4.69) is 40.7 Å². The van der Waals surface area contributed by atoms with E-state index in [1.54, 1.807) is 7.11 Å². The van der Waals surface area contributed by atoms with Crippen LogP contribution in [0.1, 0.15) is 45.7 Å². The Hall–Kier alpha value is -1.98. The Balaban J connectivity index is 1.98. The smallest absolute Gasteiger partial charge is 0.493 e. The summed E-state index contributed by atoms with van der Waals surface area (Å²) in [5, 5.41) is 0. The summed E-state index contributed by atoms with van der Waals surface area (Å²) in [5.41, 5.74) is 2.30. The molecule has 0 saturated carbocycles. The van der Waals surface area contributed by atoms with Crippen LogP contribution in [0.2, 0.25) is 0 Å². The van der Waals surface area contributed by atoms with Gasteiger partial charge in [0, 0.05) is 5.46 Å². The Morgan fingerprint density at radius 2 is 1.56 bits per heavy atom. The molecule has 1 fully saturated rings. The summed E-state index contributed by atoms with van der Waals surface area (Å²) in [6.07, 6.45) is 0.891. The van der Waals surface area contributed by atoms with E-state index in [4.69, 9.17) is 18.8 Å². The second-order valence-electron chi connectivity index (χ2n) is 7.93. The van der Waals surface area contributed by atoms with E-state index in [9.17, 15) is 0 Å². The number of aryl methyl sites for hydroxylation is 1. The van der Waals surface area contributed by atoms with Crippen molar-refractivity contribution in [1.29, 1.82) is 0 Å². The van der Waals surface area contributed by atoms with Gasteiger partial charge in [-0.25, -0.2) is 0 Å². The quantitative estimate of drug-likeness (QED) is 0.719. The minimum absolute atomic E-state index is 0.413. The molecule has 4 nitrogen and oxygen atoms in total. The van der Waals surface area contributed by atoms with Crippen LogP contribution >= 0.6 is 0 Å². The first kappa shape index (κ1) is 19.8. The van der Waals surface area contributed by atoms with E-state index in [-0.39, 0.29) is 0 Å². The maximum absolute atomic E-state index is 6.28. The second-order valence-corrected chi connectivity index (χ2v) is 7.93. The van der Waals surface area contributed by atoms with Crippen molar-refractivity contribution in [2.24, 2.45) is 0 Å². The summed E-state index contributed by atoms with van der Waals surface area (Å²) in [6.45, 7) is 10.8. The highest BCUT2D eigenvalue weighted by Crippen LogP contribution is 2.38. The second kappa shape index (κ2) is 7.57. The van der Waals surface area contributed by atoms with Crippen molar-refractivity contribution in [3.8, 4) is 11.5 Å². The highest BCUT2D eigenvalue weighted by molar-refractivity contribution is 6.63. The van der Waals surface area contributed by atoms with Crippen LogP contribution in [0.15, 0.2) is 42.5 Å². The van der Waals surface area contributed by atoms with Crippen LogP contribution in [0.5, 0.6) is 11.5 Å². The summed E-state index contributed by atoms with van der Waals surface area (Å²) < 4.78 is 24.4. The van der Waals surface area contributed by atoms with E-state index in [0.717, 1.165) is 23.0 Å². The molecule has 0 bridgehead atoms. The van der Waals surface area contributed by atoms with E-state index < -0.39 is 18.3 Å². The molecule has 0 atom stereocenters. The molecule has 0 N–H and O–H groups in total. The monoisotopic (exact) mass is 368 g/mol. The summed E-state index contributed by atoms with van der Waals surface area (Å²) >= 11 is 0. The first-order valence-corrected chi connectivity index (χ1v) is 9.50. The van der Waals surface area contributed by atoms with E-state index in [1.165, 1.54) is 0 Å². The zero-order valence-corrected chi connectivity index (χ0v) is 17.2. The molecule has 3 rings (SSSR count). The average Bonchev–Trinajstić information content (AvgIpc) is 2.87. The lowest BCUT2D eigenvalue weighted by Crippen LogP contribution is -2.41. The predicted molar refractivity (Wildman–Crippen MR) is 109 cm³/mol. The van der Waals surface area contributed by atoms with Crippen LogP contribution in [-0.4, -0.2) is 25.4 Å². The maximum atomic E-state index is 6.28. The van der Waals surface area contributed by atoms with Gasteiger partial charge in [0.25, 0.3) is 0 Å². The lowest BCUT2D eigenvalue weighted by atomic mass is 9.77. The van der Waals surface area contributed by atoms with Crippen molar-refractivity contribution < 1.29 is 18.8 Å². The van der Waals surface area contributed by atoms with Crippen LogP contribution in [0.3, 0.4) is 0 Å². The van der Waals surface area contributed by atoms with Crippen molar-refractivity contribution in [2.45, 2.75) is 58.8 Å². The van der Waals surface area contributed by atoms with Gasteiger partial charge >= 0.3 is 7.12 Å². The molecule has 144 valence electrons. The third-order valence-electron chi connectivity index (χ3n) is 5.50. The molecule has 0 spiro atoms. The van der Waals surface area contributed by atoms with Gasteiger partial charge in [0.1, 0.15) is 6.61 Å². The van der Waals surface area contributed by atoms with Gasteiger partial charge < -0.3 is 18.8 Å². The fraction of sp³-hybridized carbons (Fsp3) is 0.455. The molecule has 0 unspecified atom stereocenters. The number of methoxy groups -OCH3 is 1. The molecular formula is C22H29BO4. The summed E-state index contributed by atoms with van der Waals surface area (Å²) in [5.74, 6) is 1.38. The van der Waals surface area contributed by atoms with Gasteiger partial charge in [0.15, 0.2) is 11.5 Å². The van der Waals surface area contributed by atoms with Crippen LogP contribution < -0.4 is 14.9 Å². The fourth-order valence-corrected chi connectivity index (χ4v) is 3.07. The van der Waals surface area contributed by atoms with Gasteiger partial charge in [-0.3, -0.25) is 0 Å². The molecular weight excluding hydrogens is 339 g/mol. The number of hydrogen-bond acceptors (Lipinski definition) is 4. The van der Waals surface area contributed by atoms with Gasteiger partial charge in [-0.2, -0.15) is 0 Å². The lowest BCUT2D eigenvalue weighted by molar-refractivity contribution is 0.00578. The topological polar surface area (TPSA) is 36.9 Å². The van der Waals surface area contributed by atoms with Gasteiger partial charge in [0.05, 0.1) is 18.3 Å². The summed E-state index contributed by atoms with van der Waals surface area (Å²) in [4.78, 5) is 0. The molecule has 1 saturated heterocycles. The fourth-order valence-electron chi connectivity index (χ4n) is 3.07. The van der Waals surface area contributed by atoms with Crippen molar-refractivity contribution in [3.63, 3.8) is 0 Å². The van der Waals surface area contributed by atoms with E-state index >= 15 is 0 Å². The molecule has 0 aromatic heterocycles. The minimum atomic E-state index is -0.499. The number of rotatable bonds is 6. The third kappa shape index (κ3) is 3.99. The predicted octanol–water partition coefficient (Wildman–Crippen LogP) is 4.14. The molecule has 2 aromatic carbocycles. The summed E-state index contributed by atoms with van der Waals surface area (Å²) in [6, 6.07) is 14.2. The van der Waals surface area contributed by atoms with Gasteiger partial charge in [-0.1, -0.05) is 43.3 Å². The maximum Gasteiger partial charge on any atom is 0.498 e. The van der Waals surface area contributed by atoms with Gasteiger partial charge in [-0.15, -0.1) is 0 Å². The zero-order valence-electron chi connectivity index (χ0n) is 17.2. The van der Waals surface area contributed by atoms with E-state index in [0.29, 0.717) is 18.1 Å². The Morgan fingerprint density at radius 3 is 2.11 bits per heavy atom. The number of benzene rings is 2. The van der Waals surface area contributed by atoms with Crippen molar-refractivity contribution in [2.75, 3.05) is 7.11 Å². The van der Waals surface area contributed by atoms with Crippen LogP contribution in [-0.2, 0) is 22.3 Å².